The maximum atomic E-state index is 10.6. The summed E-state index contributed by atoms with van der Waals surface area (Å²) in [6.07, 6.45) is 6.70. The van der Waals surface area contributed by atoms with Crippen molar-refractivity contribution in [3.8, 4) is 0 Å². The van der Waals surface area contributed by atoms with E-state index in [0.29, 0.717) is 37.0 Å². The smallest absolute Gasteiger partial charge is 0.294 e. The predicted molar refractivity (Wildman–Crippen MR) is 144 cm³/mol. The zero-order valence-electron chi connectivity index (χ0n) is 20.3. The zero-order chi connectivity index (χ0) is 27.6. The average Bonchev–Trinajstić information content (AvgIpc) is 3.29. The molecule has 0 radical (unpaired) electrons. The molecule has 3 N–H and O–H groups in total. The lowest BCUT2D eigenvalue weighted by Gasteiger charge is -2.20. The number of ether oxygens (including phenoxy) is 2. The number of carbonyl (C=O) groups excluding carboxylic acids is 3. The first-order chi connectivity index (χ1) is 16.8. The van der Waals surface area contributed by atoms with E-state index in [1.807, 2.05) is 19.1 Å². The highest BCUT2D eigenvalue weighted by Gasteiger charge is 2.32. The van der Waals surface area contributed by atoms with Gasteiger partial charge in [0.05, 0.1) is 28.8 Å². The second-order valence-electron chi connectivity index (χ2n) is 7.21. The summed E-state index contributed by atoms with van der Waals surface area (Å²) in [7, 11) is -4.02. The molecule has 0 bridgehead atoms. The van der Waals surface area contributed by atoms with Crippen LogP contribution in [0.2, 0.25) is 0 Å². The summed E-state index contributed by atoms with van der Waals surface area (Å²) in [5.74, 6) is -0.787. The Kier molecular flexibility index (Phi) is 17.4. The first kappa shape index (κ1) is 34.1. The molecule has 0 aromatic heterocycles. The average molecular weight is 656 g/mol. The van der Waals surface area contributed by atoms with Gasteiger partial charge in [0, 0.05) is 26.9 Å². The van der Waals surface area contributed by atoms with Crippen LogP contribution in [0.1, 0.15) is 19.4 Å². The van der Waals surface area contributed by atoms with Crippen molar-refractivity contribution in [3.05, 3.63) is 54.1 Å². The molecular formula is C23H32Br2N2O8S. The van der Waals surface area contributed by atoms with Crippen LogP contribution in [0.4, 0.5) is 0 Å². The first-order valence-corrected chi connectivity index (χ1v) is 14.3. The Hall–Kier alpha value is -1.90. The predicted octanol–water partition coefficient (Wildman–Crippen LogP) is 2.70. The summed E-state index contributed by atoms with van der Waals surface area (Å²) in [4.78, 5) is 31.4. The van der Waals surface area contributed by atoms with Gasteiger partial charge in [-0.25, -0.2) is 0 Å². The summed E-state index contributed by atoms with van der Waals surface area (Å²) in [5.41, 5.74) is 0.956. The van der Waals surface area contributed by atoms with Crippen LogP contribution in [0.15, 0.2) is 53.5 Å². The van der Waals surface area contributed by atoms with Crippen LogP contribution in [0.25, 0.3) is 0 Å². The third kappa shape index (κ3) is 16.7. The molecule has 1 fully saturated rings. The quantitative estimate of drug-likeness (QED) is 0.159. The standard InChI is InChI=1S/C9H14BrNO3.C7H10BrNO2.C7H8O3S/c1-8(12)11-4-2-3-9(7-10)13-5-6-14-9;1-6(10)9-4-2-3-7(11)5-8;1-6-2-4-7(5-3-6)11(8,9)10/h2-3H,4-7H2,1H3,(H,11,12);2-3H,4-5H2,1H3,(H,9,10);2-5H,1H3,(H,8,9,10)/b2*3-2+;. The molecule has 0 saturated carbocycles. The summed E-state index contributed by atoms with van der Waals surface area (Å²) >= 11 is 6.33. The van der Waals surface area contributed by atoms with Crippen LogP contribution >= 0.6 is 31.9 Å². The van der Waals surface area contributed by atoms with Crippen LogP contribution in [0.3, 0.4) is 0 Å². The number of alkyl halides is 2. The Morgan fingerprint density at radius 1 is 1.00 bits per heavy atom. The Balaban J connectivity index is 0.000000517. The van der Waals surface area contributed by atoms with Gasteiger partial charge in [0.2, 0.25) is 11.8 Å². The summed E-state index contributed by atoms with van der Waals surface area (Å²) < 4.78 is 40.4. The van der Waals surface area contributed by atoms with E-state index in [1.165, 1.54) is 32.1 Å². The van der Waals surface area contributed by atoms with Gasteiger partial charge in [-0.05, 0) is 31.2 Å². The molecule has 13 heteroatoms. The van der Waals surface area contributed by atoms with Crippen LogP contribution in [-0.4, -0.2) is 73.3 Å². The second-order valence-corrected chi connectivity index (χ2v) is 9.75. The fourth-order valence-electron chi connectivity index (χ4n) is 2.28. The van der Waals surface area contributed by atoms with E-state index in [4.69, 9.17) is 14.0 Å². The van der Waals surface area contributed by atoms with Crippen LogP contribution in [0.5, 0.6) is 0 Å². The van der Waals surface area contributed by atoms with Crippen molar-refractivity contribution in [1.82, 2.24) is 10.6 Å². The van der Waals surface area contributed by atoms with Crippen LogP contribution in [-0.2, 0) is 34.0 Å². The van der Waals surface area contributed by atoms with Crippen LogP contribution in [0, 0.1) is 6.92 Å². The molecule has 36 heavy (non-hydrogen) atoms. The largest absolute Gasteiger partial charge is 0.353 e. The molecule has 2 amide bonds. The van der Waals surface area contributed by atoms with Crippen molar-refractivity contribution in [1.29, 1.82) is 0 Å². The van der Waals surface area contributed by atoms with Crippen molar-refractivity contribution >= 4 is 59.6 Å². The minimum atomic E-state index is -4.02. The van der Waals surface area contributed by atoms with Gasteiger partial charge in [0.25, 0.3) is 10.1 Å². The van der Waals surface area contributed by atoms with E-state index < -0.39 is 15.9 Å². The summed E-state index contributed by atoms with van der Waals surface area (Å²) in [6.45, 7) is 6.88. The molecule has 202 valence electrons. The summed E-state index contributed by atoms with van der Waals surface area (Å²) in [6, 6.07) is 5.99. The molecule has 1 aromatic carbocycles. The number of aryl methyl sites for hydroxylation is 1. The molecule has 0 spiro atoms. The number of rotatable bonds is 9. The maximum Gasteiger partial charge on any atom is 0.294 e. The molecule has 1 saturated heterocycles. The van der Waals surface area contributed by atoms with Gasteiger partial charge in [-0.2, -0.15) is 8.42 Å². The molecule has 0 aliphatic carbocycles. The number of carbonyl (C=O) groups is 3. The highest BCUT2D eigenvalue weighted by atomic mass is 79.9. The van der Waals surface area contributed by atoms with E-state index in [1.54, 1.807) is 18.2 Å². The number of hydrogen-bond donors (Lipinski definition) is 3. The van der Waals surface area contributed by atoms with E-state index in [9.17, 15) is 22.8 Å². The molecule has 1 aromatic rings. The number of amides is 2. The van der Waals surface area contributed by atoms with E-state index in [0.717, 1.165) is 5.56 Å². The Morgan fingerprint density at radius 3 is 1.92 bits per heavy atom. The summed E-state index contributed by atoms with van der Waals surface area (Å²) in [5, 5.41) is 6.11. The first-order valence-electron chi connectivity index (χ1n) is 10.6. The topological polar surface area (TPSA) is 148 Å². The number of halogens is 2. The monoisotopic (exact) mass is 654 g/mol. The zero-order valence-corrected chi connectivity index (χ0v) is 24.3. The van der Waals surface area contributed by atoms with Gasteiger partial charge in [-0.1, -0.05) is 61.7 Å². The fraction of sp³-hybridized carbons (Fsp3) is 0.435. The molecule has 0 atom stereocenters. The van der Waals surface area contributed by atoms with Gasteiger partial charge in [0.15, 0.2) is 11.6 Å². The van der Waals surface area contributed by atoms with E-state index >= 15 is 0 Å². The molecule has 10 nitrogen and oxygen atoms in total. The molecular weight excluding hydrogens is 624 g/mol. The van der Waals surface area contributed by atoms with Crippen molar-refractivity contribution in [2.75, 3.05) is 37.0 Å². The molecule has 1 aliphatic heterocycles. The Morgan fingerprint density at radius 2 is 1.50 bits per heavy atom. The van der Waals surface area contributed by atoms with Crippen molar-refractivity contribution in [2.45, 2.75) is 31.5 Å². The number of benzene rings is 1. The molecule has 0 unspecified atom stereocenters. The molecule has 2 rings (SSSR count). The minimum absolute atomic E-state index is 0.00430. The minimum Gasteiger partial charge on any atom is -0.353 e. The number of hydrogen-bond acceptors (Lipinski definition) is 7. The fourth-order valence-corrected chi connectivity index (χ4v) is 3.45. The molecule has 1 heterocycles. The highest BCUT2D eigenvalue weighted by Crippen LogP contribution is 2.23. The lowest BCUT2D eigenvalue weighted by atomic mass is 10.2. The SMILES string of the molecule is CC(=O)NC/C=C/C(=O)CBr.CC(=O)NC/C=C/C1(CBr)OCCO1.Cc1ccc(S(=O)(=O)O)cc1. The normalized spacial score (nSPS) is 14.4. The number of nitrogens with one attached hydrogen (secondary N) is 2. The second kappa shape index (κ2) is 18.4. The maximum absolute atomic E-state index is 10.6. The van der Waals surface area contributed by atoms with Gasteiger partial charge < -0.3 is 20.1 Å². The van der Waals surface area contributed by atoms with E-state index in [-0.39, 0.29) is 22.5 Å². The number of allylic oxidation sites excluding steroid dienone is 1. The third-order valence-corrected chi connectivity index (χ3v) is 6.23. The lowest BCUT2D eigenvalue weighted by molar-refractivity contribution is -0.119. The number of ketones is 1. The lowest BCUT2D eigenvalue weighted by Crippen LogP contribution is -2.30. The van der Waals surface area contributed by atoms with Gasteiger partial charge in [-0.3, -0.25) is 18.9 Å². The van der Waals surface area contributed by atoms with Crippen molar-refractivity contribution in [2.24, 2.45) is 0 Å². The van der Waals surface area contributed by atoms with Crippen LogP contribution < -0.4 is 10.6 Å². The van der Waals surface area contributed by atoms with Gasteiger partial charge in [0.1, 0.15) is 0 Å². The van der Waals surface area contributed by atoms with Crippen molar-refractivity contribution < 1.29 is 36.8 Å². The molecule has 1 aliphatic rings. The third-order valence-electron chi connectivity index (χ3n) is 4.03. The Bertz CT molecular complexity index is 990. The van der Waals surface area contributed by atoms with E-state index in [2.05, 4.69) is 42.5 Å². The highest BCUT2D eigenvalue weighted by molar-refractivity contribution is 9.09. The van der Waals surface area contributed by atoms with Gasteiger partial charge >= 0.3 is 0 Å². The Labute approximate surface area is 228 Å². The van der Waals surface area contributed by atoms with Crippen molar-refractivity contribution in [3.63, 3.8) is 0 Å². The van der Waals surface area contributed by atoms with Gasteiger partial charge in [-0.15, -0.1) is 0 Å².